The van der Waals surface area contributed by atoms with E-state index in [2.05, 4.69) is 35.2 Å². The fourth-order valence-corrected chi connectivity index (χ4v) is 2.21. The number of benzene rings is 1. The number of nitrogens with one attached hydrogen (secondary N) is 1. The van der Waals surface area contributed by atoms with Crippen molar-refractivity contribution in [2.45, 2.75) is 20.4 Å². The molecule has 1 aromatic heterocycles. The van der Waals surface area contributed by atoms with E-state index in [-0.39, 0.29) is 0 Å². The van der Waals surface area contributed by atoms with Crippen molar-refractivity contribution in [1.82, 2.24) is 4.98 Å². The summed E-state index contributed by atoms with van der Waals surface area (Å²) in [6.45, 7) is 4.64. The van der Waals surface area contributed by atoms with Gasteiger partial charge in [0.25, 0.3) is 0 Å². The van der Waals surface area contributed by atoms with Gasteiger partial charge in [0.1, 0.15) is 5.82 Å². The highest BCUT2D eigenvalue weighted by Crippen LogP contribution is 2.14. The predicted molar refractivity (Wildman–Crippen MR) is 93.4 cm³/mol. The molecular formula is C17H23N5. The van der Waals surface area contributed by atoms with Gasteiger partial charge in [-0.25, -0.2) is 9.98 Å². The zero-order valence-corrected chi connectivity index (χ0v) is 13.6. The van der Waals surface area contributed by atoms with E-state index in [4.69, 9.17) is 5.73 Å². The predicted octanol–water partition coefficient (Wildman–Crippen LogP) is 2.69. The van der Waals surface area contributed by atoms with Gasteiger partial charge in [0, 0.05) is 26.0 Å². The van der Waals surface area contributed by atoms with Crippen molar-refractivity contribution in [3.63, 3.8) is 0 Å². The molecule has 2 aromatic rings. The van der Waals surface area contributed by atoms with E-state index in [1.165, 1.54) is 11.1 Å². The van der Waals surface area contributed by atoms with Gasteiger partial charge in [-0.2, -0.15) is 0 Å². The number of anilines is 2. The van der Waals surface area contributed by atoms with Gasteiger partial charge < -0.3 is 16.0 Å². The molecule has 0 aliphatic rings. The van der Waals surface area contributed by atoms with Crippen LogP contribution in [0.3, 0.4) is 0 Å². The van der Waals surface area contributed by atoms with E-state index in [1.807, 2.05) is 43.3 Å². The summed E-state index contributed by atoms with van der Waals surface area (Å²) in [7, 11) is 3.93. The third-order valence-electron chi connectivity index (χ3n) is 3.19. The molecule has 1 heterocycles. The van der Waals surface area contributed by atoms with E-state index >= 15 is 0 Å². The minimum Gasteiger partial charge on any atom is -0.370 e. The van der Waals surface area contributed by atoms with E-state index in [0.29, 0.717) is 12.5 Å². The Bertz CT molecular complexity index is 656. The van der Waals surface area contributed by atoms with Crippen LogP contribution in [0.15, 0.2) is 41.5 Å². The first-order chi connectivity index (χ1) is 10.4. The summed E-state index contributed by atoms with van der Waals surface area (Å²) >= 11 is 0. The molecule has 0 radical (unpaired) electrons. The number of aryl methyl sites for hydroxylation is 2. The van der Waals surface area contributed by atoms with Gasteiger partial charge in [0.15, 0.2) is 5.96 Å². The summed E-state index contributed by atoms with van der Waals surface area (Å²) in [5.41, 5.74) is 10.4. The van der Waals surface area contributed by atoms with Crippen LogP contribution in [0.4, 0.5) is 11.5 Å². The molecule has 0 spiro atoms. The molecule has 3 N–H and O–H groups in total. The lowest BCUT2D eigenvalue weighted by Gasteiger charge is -2.11. The Kier molecular flexibility index (Phi) is 4.99. The zero-order chi connectivity index (χ0) is 16.1. The van der Waals surface area contributed by atoms with Crippen LogP contribution >= 0.6 is 0 Å². The maximum atomic E-state index is 5.96. The zero-order valence-electron chi connectivity index (χ0n) is 13.6. The second kappa shape index (κ2) is 6.93. The number of hydrogen-bond donors (Lipinski definition) is 2. The highest BCUT2D eigenvalue weighted by Gasteiger charge is 2.00. The number of pyridine rings is 1. The van der Waals surface area contributed by atoms with Crippen LogP contribution in [-0.4, -0.2) is 25.0 Å². The van der Waals surface area contributed by atoms with Gasteiger partial charge >= 0.3 is 0 Å². The molecule has 0 fully saturated rings. The van der Waals surface area contributed by atoms with Crippen molar-refractivity contribution in [2.24, 2.45) is 10.7 Å². The standard InChI is InChI=1S/C17H23N5/c1-12-7-13(2)9-15(8-12)21-17(18)20-11-14-5-6-19-16(10-14)22(3)4/h5-10H,11H2,1-4H3,(H3,18,20,21). The van der Waals surface area contributed by atoms with Crippen molar-refractivity contribution in [2.75, 3.05) is 24.3 Å². The normalized spacial score (nSPS) is 11.4. The Balaban J connectivity index is 2.05. The van der Waals surface area contributed by atoms with Crippen molar-refractivity contribution in [3.8, 4) is 0 Å². The lowest BCUT2D eigenvalue weighted by Crippen LogP contribution is -2.22. The van der Waals surface area contributed by atoms with Crippen LogP contribution in [-0.2, 0) is 6.54 Å². The Morgan fingerprint density at radius 1 is 1.18 bits per heavy atom. The average Bonchev–Trinajstić information content (AvgIpc) is 2.44. The second-order valence-corrected chi connectivity index (χ2v) is 5.62. The maximum Gasteiger partial charge on any atom is 0.193 e. The van der Waals surface area contributed by atoms with Crippen LogP contribution in [0.25, 0.3) is 0 Å². The largest absolute Gasteiger partial charge is 0.370 e. The van der Waals surface area contributed by atoms with Crippen LogP contribution in [0.1, 0.15) is 16.7 Å². The Morgan fingerprint density at radius 2 is 1.86 bits per heavy atom. The summed E-state index contributed by atoms with van der Waals surface area (Å²) < 4.78 is 0. The first kappa shape index (κ1) is 15.8. The molecule has 0 amide bonds. The minimum atomic E-state index is 0.410. The number of nitrogens with zero attached hydrogens (tertiary/aromatic N) is 3. The van der Waals surface area contributed by atoms with Crippen LogP contribution in [0.5, 0.6) is 0 Å². The molecule has 0 aliphatic heterocycles. The van der Waals surface area contributed by atoms with Crippen molar-refractivity contribution in [3.05, 3.63) is 53.2 Å². The summed E-state index contributed by atoms with van der Waals surface area (Å²) in [4.78, 5) is 10.6. The quantitative estimate of drug-likeness (QED) is 0.672. The summed E-state index contributed by atoms with van der Waals surface area (Å²) in [6.07, 6.45) is 1.79. The molecule has 22 heavy (non-hydrogen) atoms. The van der Waals surface area contributed by atoms with Gasteiger partial charge in [-0.3, -0.25) is 0 Å². The van der Waals surface area contributed by atoms with Gasteiger partial charge in [-0.15, -0.1) is 0 Å². The fourth-order valence-electron chi connectivity index (χ4n) is 2.21. The molecular weight excluding hydrogens is 274 g/mol. The molecule has 1 aromatic carbocycles. The Morgan fingerprint density at radius 3 is 2.50 bits per heavy atom. The van der Waals surface area contributed by atoms with Crippen molar-refractivity contribution < 1.29 is 0 Å². The van der Waals surface area contributed by atoms with E-state index in [0.717, 1.165) is 17.1 Å². The maximum absolute atomic E-state index is 5.96. The molecule has 2 rings (SSSR count). The molecule has 5 nitrogen and oxygen atoms in total. The van der Waals surface area contributed by atoms with Gasteiger partial charge in [-0.1, -0.05) is 6.07 Å². The average molecular weight is 297 g/mol. The third kappa shape index (κ3) is 4.48. The Labute approximate surface area is 131 Å². The van der Waals surface area contributed by atoms with Crippen molar-refractivity contribution in [1.29, 1.82) is 0 Å². The number of guanidine groups is 1. The topological polar surface area (TPSA) is 66.5 Å². The van der Waals surface area contributed by atoms with E-state index in [9.17, 15) is 0 Å². The van der Waals surface area contributed by atoms with E-state index < -0.39 is 0 Å². The van der Waals surface area contributed by atoms with Crippen LogP contribution in [0, 0.1) is 13.8 Å². The second-order valence-electron chi connectivity index (χ2n) is 5.62. The molecule has 5 heteroatoms. The lowest BCUT2D eigenvalue weighted by molar-refractivity contribution is 1.02. The number of hydrogen-bond acceptors (Lipinski definition) is 3. The lowest BCUT2D eigenvalue weighted by atomic mass is 10.1. The molecule has 0 bridgehead atoms. The summed E-state index contributed by atoms with van der Waals surface area (Å²) in [6, 6.07) is 10.2. The fraction of sp³-hybridized carbons (Fsp3) is 0.294. The summed E-state index contributed by atoms with van der Waals surface area (Å²) in [5.74, 6) is 1.32. The van der Waals surface area contributed by atoms with Gasteiger partial charge in [-0.05, 0) is 54.8 Å². The first-order valence-electron chi connectivity index (χ1n) is 7.21. The molecule has 0 atom stereocenters. The summed E-state index contributed by atoms with van der Waals surface area (Å²) in [5, 5.41) is 3.13. The highest BCUT2D eigenvalue weighted by atomic mass is 15.1. The van der Waals surface area contributed by atoms with Crippen molar-refractivity contribution >= 4 is 17.5 Å². The number of rotatable bonds is 4. The molecule has 0 saturated carbocycles. The Hall–Kier alpha value is -2.56. The molecule has 0 saturated heterocycles. The number of aliphatic imine (C=N–C) groups is 1. The molecule has 116 valence electrons. The monoisotopic (exact) mass is 297 g/mol. The van der Waals surface area contributed by atoms with Gasteiger partial charge in [0.05, 0.1) is 6.54 Å². The minimum absolute atomic E-state index is 0.410. The van der Waals surface area contributed by atoms with Crippen LogP contribution < -0.4 is 16.0 Å². The van der Waals surface area contributed by atoms with Crippen LogP contribution in [0.2, 0.25) is 0 Å². The third-order valence-corrected chi connectivity index (χ3v) is 3.19. The molecule has 0 unspecified atom stereocenters. The molecule has 0 aliphatic carbocycles. The van der Waals surface area contributed by atoms with E-state index in [1.54, 1.807) is 6.20 Å². The number of aromatic nitrogens is 1. The highest BCUT2D eigenvalue weighted by molar-refractivity contribution is 5.92. The smallest absolute Gasteiger partial charge is 0.193 e. The number of nitrogens with two attached hydrogens (primary N) is 1. The van der Waals surface area contributed by atoms with Gasteiger partial charge in [0.2, 0.25) is 0 Å². The SMILES string of the molecule is Cc1cc(C)cc(NC(N)=NCc2ccnc(N(C)C)c2)c1. The first-order valence-corrected chi connectivity index (χ1v) is 7.21.